The molecule has 0 N–H and O–H groups in total. The van der Waals surface area contributed by atoms with Gasteiger partial charge in [-0.15, -0.1) is 13.2 Å². The smallest absolute Gasteiger partial charge is 0.387 e. The van der Waals surface area contributed by atoms with Gasteiger partial charge in [0.2, 0.25) is 5.88 Å². The van der Waals surface area contributed by atoms with E-state index in [9.17, 15) is 13.2 Å². The topological polar surface area (TPSA) is 22.1 Å². The molecular formula is C6HBr2F3INO. The molecule has 2 nitrogen and oxygen atoms in total. The van der Waals surface area contributed by atoms with Gasteiger partial charge >= 0.3 is 6.36 Å². The molecule has 0 saturated heterocycles. The molecule has 1 rings (SSSR count). The Bertz CT molecular complexity index is 358. The summed E-state index contributed by atoms with van der Waals surface area (Å²) in [6, 6.07) is 0. The van der Waals surface area contributed by atoms with Crippen LogP contribution in [0.3, 0.4) is 0 Å². The predicted molar refractivity (Wildman–Crippen MR) is 59.0 cm³/mol. The number of pyridine rings is 1. The zero-order chi connectivity index (χ0) is 10.9. The lowest BCUT2D eigenvalue weighted by Crippen LogP contribution is -2.18. The number of halogens is 6. The highest BCUT2D eigenvalue weighted by molar-refractivity contribution is 14.1. The summed E-state index contributed by atoms with van der Waals surface area (Å²) in [4.78, 5) is 3.48. The minimum absolute atomic E-state index is 0.171. The summed E-state index contributed by atoms with van der Waals surface area (Å²) in [7, 11) is 0. The molecule has 0 aliphatic carbocycles. The van der Waals surface area contributed by atoms with Gasteiger partial charge in [0.1, 0.15) is 0 Å². The Morgan fingerprint density at radius 2 is 1.93 bits per heavy atom. The van der Waals surface area contributed by atoms with E-state index in [4.69, 9.17) is 0 Å². The van der Waals surface area contributed by atoms with Gasteiger partial charge in [-0.05, 0) is 54.5 Å². The van der Waals surface area contributed by atoms with E-state index in [1.807, 2.05) is 22.6 Å². The maximum atomic E-state index is 11.9. The SMILES string of the molecule is FC(F)(F)Oc1ncc(Br)c(I)c1Br. The van der Waals surface area contributed by atoms with E-state index in [1.165, 1.54) is 6.20 Å². The van der Waals surface area contributed by atoms with Gasteiger partial charge in [-0.3, -0.25) is 0 Å². The van der Waals surface area contributed by atoms with Crippen molar-refractivity contribution in [1.82, 2.24) is 4.98 Å². The average molecular weight is 447 g/mol. The van der Waals surface area contributed by atoms with Crippen LogP contribution in [0.2, 0.25) is 0 Å². The second-order valence-electron chi connectivity index (χ2n) is 2.09. The lowest BCUT2D eigenvalue weighted by molar-refractivity contribution is -0.276. The van der Waals surface area contributed by atoms with E-state index in [-0.39, 0.29) is 4.47 Å². The highest BCUT2D eigenvalue weighted by Gasteiger charge is 2.33. The molecule has 1 aromatic heterocycles. The highest BCUT2D eigenvalue weighted by atomic mass is 127. The second-order valence-corrected chi connectivity index (χ2v) is 4.81. The van der Waals surface area contributed by atoms with Gasteiger partial charge in [-0.25, -0.2) is 4.98 Å². The zero-order valence-corrected chi connectivity index (χ0v) is 11.5. The molecule has 0 aliphatic heterocycles. The fraction of sp³-hybridized carbons (Fsp3) is 0.167. The van der Waals surface area contributed by atoms with Crippen molar-refractivity contribution in [3.05, 3.63) is 18.7 Å². The molecule has 0 radical (unpaired) electrons. The van der Waals surface area contributed by atoms with E-state index >= 15 is 0 Å². The number of ether oxygens (including phenoxy) is 1. The Morgan fingerprint density at radius 1 is 1.36 bits per heavy atom. The Morgan fingerprint density at radius 3 is 2.43 bits per heavy atom. The molecule has 0 fully saturated rings. The van der Waals surface area contributed by atoms with Crippen LogP contribution in [0.5, 0.6) is 5.88 Å². The Kier molecular flexibility index (Phi) is 4.03. The third-order valence-electron chi connectivity index (χ3n) is 1.10. The van der Waals surface area contributed by atoms with Crippen LogP contribution in [0, 0.1) is 3.57 Å². The maximum Gasteiger partial charge on any atom is 0.574 e. The summed E-state index contributed by atoms with van der Waals surface area (Å²) in [5.41, 5.74) is 0. The second kappa shape index (κ2) is 4.52. The van der Waals surface area contributed by atoms with Crippen LogP contribution in [0.25, 0.3) is 0 Å². The number of alkyl halides is 3. The number of hydrogen-bond donors (Lipinski definition) is 0. The summed E-state index contributed by atoms with van der Waals surface area (Å²) < 4.78 is 40.6. The molecule has 0 bridgehead atoms. The summed E-state index contributed by atoms with van der Waals surface area (Å²) >= 11 is 7.95. The minimum Gasteiger partial charge on any atom is -0.387 e. The molecule has 1 heterocycles. The van der Waals surface area contributed by atoms with Crippen LogP contribution in [-0.4, -0.2) is 11.3 Å². The summed E-state index contributed by atoms with van der Waals surface area (Å²) in [6.07, 6.45) is -3.49. The van der Waals surface area contributed by atoms with Crippen LogP contribution in [0.4, 0.5) is 13.2 Å². The lowest BCUT2D eigenvalue weighted by Gasteiger charge is -2.10. The van der Waals surface area contributed by atoms with Crippen molar-refractivity contribution in [3.8, 4) is 5.88 Å². The van der Waals surface area contributed by atoms with Crippen molar-refractivity contribution in [3.63, 3.8) is 0 Å². The van der Waals surface area contributed by atoms with Crippen molar-refractivity contribution in [1.29, 1.82) is 0 Å². The van der Waals surface area contributed by atoms with Crippen molar-refractivity contribution in [2.24, 2.45) is 0 Å². The van der Waals surface area contributed by atoms with Gasteiger partial charge in [0.15, 0.2) is 0 Å². The Balaban J connectivity index is 3.06. The monoisotopic (exact) mass is 445 g/mol. The first-order valence-corrected chi connectivity index (χ1v) is 5.73. The summed E-state index contributed by atoms with van der Waals surface area (Å²) in [5, 5.41) is 0. The normalized spacial score (nSPS) is 11.6. The minimum atomic E-state index is -4.73. The fourth-order valence-corrected chi connectivity index (χ4v) is 1.94. The van der Waals surface area contributed by atoms with E-state index in [0.717, 1.165) is 0 Å². The largest absolute Gasteiger partial charge is 0.574 e. The third-order valence-corrected chi connectivity index (χ3v) is 5.04. The number of aromatic nitrogens is 1. The highest BCUT2D eigenvalue weighted by Crippen LogP contribution is 2.35. The molecule has 8 heteroatoms. The van der Waals surface area contributed by atoms with Crippen LogP contribution in [0.1, 0.15) is 0 Å². The van der Waals surface area contributed by atoms with Crippen molar-refractivity contribution in [2.45, 2.75) is 6.36 Å². The van der Waals surface area contributed by atoms with Crippen molar-refractivity contribution < 1.29 is 17.9 Å². The summed E-state index contributed by atoms with van der Waals surface area (Å²) in [5.74, 6) is -0.495. The van der Waals surface area contributed by atoms with Gasteiger partial charge in [0.05, 0.1) is 8.95 Å². The van der Waals surface area contributed by atoms with Crippen LogP contribution < -0.4 is 4.74 Å². The van der Waals surface area contributed by atoms with Crippen LogP contribution in [0.15, 0.2) is 15.1 Å². The first-order chi connectivity index (χ1) is 6.31. The first kappa shape index (κ1) is 12.5. The van der Waals surface area contributed by atoms with E-state index in [2.05, 4.69) is 41.6 Å². The first-order valence-electron chi connectivity index (χ1n) is 3.06. The number of hydrogen-bond acceptors (Lipinski definition) is 2. The van der Waals surface area contributed by atoms with Gasteiger partial charge in [0, 0.05) is 9.77 Å². The van der Waals surface area contributed by atoms with Crippen LogP contribution >= 0.6 is 54.5 Å². The number of nitrogens with zero attached hydrogens (tertiary/aromatic N) is 1. The van der Waals surface area contributed by atoms with Gasteiger partial charge < -0.3 is 4.74 Å². The number of rotatable bonds is 1. The Hall–Kier alpha value is 0.430. The molecule has 78 valence electrons. The summed E-state index contributed by atoms with van der Waals surface area (Å²) in [6.45, 7) is 0. The molecule has 0 saturated carbocycles. The van der Waals surface area contributed by atoms with Gasteiger partial charge in [-0.1, -0.05) is 0 Å². The van der Waals surface area contributed by atoms with Crippen LogP contribution in [-0.2, 0) is 0 Å². The molecule has 0 atom stereocenters. The maximum absolute atomic E-state index is 11.9. The predicted octanol–water partition coefficient (Wildman–Crippen LogP) is 4.11. The molecule has 0 aromatic carbocycles. The lowest BCUT2D eigenvalue weighted by atomic mass is 10.5. The average Bonchev–Trinajstić information content (AvgIpc) is 2.04. The molecular weight excluding hydrogens is 446 g/mol. The molecule has 0 spiro atoms. The van der Waals surface area contributed by atoms with E-state index < -0.39 is 12.2 Å². The molecule has 1 aromatic rings. The van der Waals surface area contributed by atoms with E-state index in [0.29, 0.717) is 8.04 Å². The van der Waals surface area contributed by atoms with Gasteiger partial charge in [-0.2, -0.15) is 0 Å². The molecule has 0 aliphatic rings. The third kappa shape index (κ3) is 3.23. The van der Waals surface area contributed by atoms with E-state index in [1.54, 1.807) is 0 Å². The zero-order valence-electron chi connectivity index (χ0n) is 6.20. The van der Waals surface area contributed by atoms with Crippen molar-refractivity contribution >= 4 is 54.5 Å². The fourth-order valence-electron chi connectivity index (χ4n) is 0.608. The standard InChI is InChI=1S/C6HBr2F3INO/c7-2-1-13-5(3(8)4(2)12)14-6(9,10)11/h1H. The molecule has 0 amide bonds. The Labute approximate surface area is 108 Å². The molecule has 0 unspecified atom stereocenters. The quantitative estimate of drug-likeness (QED) is 0.606. The van der Waals surface area contributed by atoms with Crippen molar-refractivity contribution in [2.75, 3.05) is 0 Å². The molecule has 14 heavy (non-hydrogen) atoms. The van der Waals surface area contributed by atoms with Gasteiger partial charge in [0.25, 0.3) is 0 Å².